The van der Waals surface area contributed by atoms with Gasteiger partial charge in [0.1, 0.15) is 0 Å². The molecule has 1 heterocycles. The van der Waals surface area contributed by atoms with Crippen molar-refractivity contribution in [1.82, 2.24) is 14.5 Å². The molecule has 8 heteroatoms. The van der Waals surface area contributed by atoms with Crippen LogP contribution in [0, 0.1) is 0 Å². The minimum atomic E-state index is -3.80. The molecule has 1 aliphatic heterocycles. The van der Waals surface area contributed by atoms with E-state index in [-0.39, 0.29) is 5.75 Å². The summed E-state index contributed by atoms with van der Waals surface area (Å²) in [6.45, 7) is 6.38. The second kappa shape index (κ2) is 9.53. The summed E-state index contributed by atoms with van der Waals surface area (Å²) < 4.78 is 27.5. The monoisotopic (exact) mass is 460 g/mol. The molecule has 1 saturated heterocycles. The topological polar surface area (TPSA) is 81.8 Å². The van der Waals surface area contributed by atoms with Crippen LogP contribution in [0.25, 0.3) is 0 Å². The minimum Gasteiger partial charge on any atom is -0.307 e. The van der Waals surface area contributed by atoms with Gasteiger partial charge in [-0.3, -0.25) is 4.90 Å². The number of rotatable bonds is 7. The highest BCUT2D eigenvalue weighted by Crippen LogP contribution is 2.38. The lowest BCUT2D eigenvalue weighted by atomic mass is 9.99. The quantitative estimate of drug-likeness (QED) is 0.612. The number of sulfonamides is 1. The molecule has 3 aliphatic rings. The first-order chi connectivity index (χ1) is 15.2. The van der Waals surface area contributed by atoms with Crippen LogP contribution in [-0.4, -0.2) is 69.8 Å². The molecule has 1 fully saturated rings. The molecule has 32 heavy (non-hydrogen) atoms. The van der Waals surface area contributed by atoms with Crippen molar-refractivity contribution in [3.8, 4) is 0 Å². The zero-order chi connectivity index (χ0) is 22.9. The first kappa shape index (κ1) is 23.3. The number of nitrogens with one attached hydrogen (secondary N) is 2. The highest BCUT2D eigenvalue weighted by Gasteiger charge is 2.27. The van der Waals surface area contributed by atoms with Crippen LogP contribution in [0.3, 0.4) is 0 Å². The van der Waals surface area contributed by atoms with Gasteiger partial charge >= 0.3 is 6.03 Å². The van der Waals surface area contributed by atoms with Crippen LogP contribution >= 0.6 is 0 Å². The number of nitrogens with zero attached hydrogens (tertiary/aromatic N) is 2. The Kier molecular flexibility index (Phi) is 6.93. The molecule has 176 valence electrons. The largest absolute Gasteiger partial charge is 0.332 e. The van der Waals surface area contributed by atoms with Crippen LogP contribution in [0.15, 0.2) is 18.2 Å². The molecule has 0 aromatic heterocycles. The molecule has 4 rings (SSSR count). The van der Waals surface area contributed by atoms with E-state index in [0.29, 0.717) is 18.2 Å². The fraction of sp³-hybridized carbons (Fsp3) is 0.625. The average molecular weight is 461 g/mol. The molecule has 0 spiro atoms. The molecule has 1 aromatic rings. The summed E-state index contributed by atoms with van der Waals surface area (Å²) in [5.74, 6) is -0.237. The first-order valence-corrected chi connectivity index (χ1v) is 13.4. The van der Waals surface area contributed by atoms with Gasteiger partial charge in [-0.05, 0) is 106 Å². The number of aryl methyl sites for hydroxylation is 2. The van der Waals surface area contributed by atoms with Gasteiger partial charge in [0.15, 0.2) is 0 Å². The van der Waals surface area contributed by atoms with Gasteiger partial charge in [0.25, 0.3) is 0 Å². The minimum absolute atomic E-state index is 0.237. The lowest BCUT2D eigenvalue weighted by Gasteiger charge is -2.35. The molecular weight excluding hydrogens is 424 g/mol. The number of hydrogen-bond acceptors (Lipinski definition) is 5. The maximum atomic E-state index is 12.7. The standard InChI is InChI=1S/C24H36N4O3S/c1-17(15-28-12-10-20(11-13-28)27(2)3)16-32(30,31)26-24(29)25-23-21-8-4-6-18(21)14-19-7-5-9-22(19)23/h14,20H,1,4-13,15-16H2,2-3H3,(H2,25,26,29). The summed E-state index contributed by atoms with van der Waals surface area (Å²) in [6.07, 6.45) is 8.24. The summed E-state index contributed by atoms with van der Waals surface area (Å²) in [6, 6.07) is 2.20. The molecule has 1 aromatic carbocycles. The van der Waals surface area contributed by atoms with E-state index in [9.17, 15) is 13.2 Å². The molecule has 0 atom stereocenters. The van der Waals surface area contributed by atoms with Gasteiger partial charge in [0.05, 0.1) is 5.75 Å². The molecule has 2 amide bonds. The predicted molar refractivity (Wildman–Crippen MR) is 129 cm³/mol. The number of carbonyl (C=O) groups excluding carboxylic acids is 1. The van der Waals surface area contributed by atoms with Gasteiger partial charge in [-0.2, -0.15) is 0 Å². The molecule has 0 radical (unpaired) electrons. The number of urea groups is 1. The van der Waals surface area contributed by atoms with E-state index < -0.39 is 16.1 Å². The van der Waals surface area contributed by atoms with Crippen LogP contribution in [0.5, 0.6) is 0 Å². The molecule has 0 saturated carbocycles. The number of hydrogen-bond donors (Lipinski definition) is 2. The summed E-state index contributed by atoms with van der Waals surface area (Å²) in [7, 11) is 0.396. The number of likely N-dealkylation sites (tertiary alicyclic amines) is 1. The Morgan fingerprint density at radius 3 is 2.25 bits per heavy atom. The lowest BCUT2D eigenvalue weighted by Crippen LogP contribution is -2.43. The van der Waals surface area contributed by atoms with Crippen molar-refractivity contribution < 1.29 is 13.2 Å². The molecule has 7 nitrogen and oxygen atoms in total. The predicted octanol–water partition coefficient (Wildman–Crippen LogP) is 2.70. The third-order valence-electron chi connectivity index (χ3n) is 7.09. The van der Waals surface area contributed by atoms with Crippen molar-refractivity contribution in [2.75, 3.05) is 44.8 Å². The van der Waals surface area contributed by atoms with Crippen LogP contribution in [0.4, 0.5) is 10.5 Å². The fourth-order valence-corrected chi connectivity index (χ4v) is 6.54. The van der Waals surface area contributed by atoms with Crippen molar-refractivity contribution in [1.29, 1.82) is 0 Å². The smallest absolute Gasteiger partial charge is 0.307 e. The summed E-state index contributed by atoms with van der Waals surface area (Å²) >= 11 is 0. The highest BCUT2D eigenvalue weighted by molar-refractivity contribution is 7.90. The van der Waals surface area contributed by atoms with E-state index in [4.69, 9.17) is 0 Å². The molecular formula is C24H36N4O3S. The Hall–Kier alpha value is -1.90. The van der Waals surface area contributed by atoms with Gasteiger partial charge in [-0.15, -0.1) is 0 Å². The summed E-state index contributed by atoms with van der Waals surface area (Å²) in [4.78, 5) is 17.1. The zero-order valence-corrected chi connectivity index (χ0v) is 20.2. The van der Waals surface area contributed by atoms with E-state index >= 15 is 0 Å². The maximum Gasteiger partial charge on any atom is 0.332 e. The second-order valence-corrected chi connectivity index (χ2v) is 11.5. The third kappa shape index (κ3) is 5.35. The van der Waals surface area contributed by atoms with Crippen molar-refractivity contribution >= 4 is 21.7 Å². The van der Waals surface area contributed by atoms with Crippen molar-refractivity contribution in [2.24, 2.45) is 0 Å². The number of piperidine rings is 1. The first-order valence-electron chi connectivity index (χ1n) is 11.8. The number of amides is 2. The second-order valence-electron chi connectivity index (χ2n) is 9.77. The maximum absolute atomic E-state index is 12.7. The van der Waals surface area contributed by atoms with Gasteiger partial charge < -0.3 is 10.2 Å². The third-order valence-corrected chi connectivity index (χ3v) is 8.37. The van der Waals surface area contributed by atoms with Crippen molar-refractivity contribution in [3.63, 3.8) is 0 Å². The molecule has 2 N–H and O–H groups in total. The Bertz CT molecular complexity index is 963. The Labute approximate surface area is 192 Å². The Morgan fingerprint density at radius 2 is 1.69 bits per heavy atom. The lowest BCUT2D eigenvalue weighted by molar-refractivity contribution is 0.153. The van der Waals surface area contributed by atoms with Gasteiger partial charge in [-0.25, -0.2) is 17.9 Å². The van der Waals surface area contributed by atoms with E-state index in [1.807, 2.05) is 0 Å². The van der Waals surface area contributed by atoms with Crippen molar-refractivity contribution in [2.45, 2.75) is 57.4 Å². The number of benzene rings is 1. The van der Waals surface area contributed by atoms with Gasteiger partial charge in [0, 0.05) is 18.3 Å². The van der Waals surface area contributed by atoms with Crippen LogP contribution in [0.2, 0.25) is 0 Å². The van der Waals surface area contributed by atoms with Gasteiger partial charge in [0.2, 0.25) is 10.0 Å². The Morgan fingerprint density at radius 1 is 1.09 bits per heavy atom. The highest BCUT2D eigenvalue weighted by atomic mass is 32.2. The van der Waals surface area contributed by atoms with Crippen LogP contribution < -0.4 is 10.0 Å². The van der Waals surface area contributed by atoms with E-state index in [1.165, 1.54) is 22.3 Å². The normalized spacial score (nSPS) is 19.1. The van der Waals surface area contributed by atoms with Gasteiger partial charge in [-0.1, -0.05) is 12.6 Å². The van der Waals surface area contributed by atoms with E-state index in [0.717, 1.165) is 70.1 Å². The summed E-state index contributed by atoms with van der Waals surface area (Å²) in [5.41, 5.74) is 6.43. The molecule has 0 unspecified atom stereocenters. The van der Waals surface area contributed by atoms with E-state index in [2.05, 4.69) is 46.6 Å². The average Bonchev–Trinajstić information content (AvgIpc) is 3.36. The van der Waals surface area contributed by atoms with Crippen LogP contribution in [0.1, 0.15) is 47.9 Å². The number of carbonyl (C=O) groups is 1. The molecule has 0 bridgehead atoms. The Balaban J connectivity index is 1.33. The summed E-state index contributed by atoms with van der Waals surface area (Å²) in [5, 5.41) is 2.89. The fourth-order valence-electron chi connectivity index (χ4n) is 5.51. The SMILES string of the molecule is C=C(CN1CCC(N(C)C)CC1)CS(=O)(=O)NC(=O)Nc1c2c(cc3c1CCC3)CCC2. The number of fused-ring (bicyclic) bond motifs is 2. The molecule has 2 aliphatic carbocycles. The zero-order valence-electron chi connectivity index (χ0n) is 19.4. The van der Waals surface area contributed by atoms with Crippen molar-refractivity contribution in [3.05, 3.63) is 40.5 Å². The van der Waals surface area contributed by atoms with Crippen LogP contribution in [-0.2, 0) is 35.7 Å². The number of anilines is 1. The van der Waals surface area contributed by atoms with E-state index in [1.54, 1.807) is 0 Å².